The maximum absolute atomic E-state index is 2.43. The summed E-state index contributed by atoms with van der Waals surface area (Å²) >= 11 is 2.27. The van der Waals surface area contributed by atoms with Crippen LogP contribution in [0.15, 0.2) is 21.1 Å². The van der Waals surface area contributed by atoms with Crippen molar-refractivity contribution in [2.24, 2.45) is 0 Å². The second kappa shape index (κ2) is 10.9. The second-order valence-corrected chi connectivity index (χ2v) is 5.19. The van der Waals surface area contributed by atoms with Crippen molar-refractivity contribution in [3.63, 3.8) is 0 Å². The molecule has 0 amide bonds. The number of hydrogen-bond donors (Lipinski definition) is 0. The summed E-state index contributed by atoms with van der Waals surface area (Å²) < 4.78 is 1.57. The molecule has 0 heterocycles. The summed E-state index contributed by atoms with van der Waals surface area (Å²) in [6.45, 7) is 4.55. The molecule has 0 bridgehead atoms. The molecule has 0 radical (unpaired) electrons. The smallest absolute Gasteiger partial charge is 1.00 e. The molecule has 0 aromatic rings. The van der Waals surface area contributed by atoms with Crippen molar-refractivity contribution < 1.29 is 45.2 Å². The molecule has 0 aromatic carbocycles. The van der Waals surface area contributed by atoms with Gasteiger partial charge in [0.2, 0.25) is 0 Å². The third kappa shape index (κ3) is 6.50. The molecule has 0 nitrogen and oxygen atoms in total. The van der Waals surface area contributed by atoms with E-state index in [0.29, 0.717) is 0 Å². The third-order valence-corrected chi connectivity index (χ3v) is 3.34. The fourth-order valence-electron chi connectivity index (χ4n) is 1.96. The Morgan fingerprint density at radius 1 is 1.06 bits per heavy atom. The van der Waals surface area contributed by atoms with Crippen LogP contribution in [0, 0.1) is 0 Å². The van der Waals surface area contributed by atoms with E-state index in [9.17, 15) is 0 Å². The van der Waals surface area contributed by atoms with Gasteiger partial charge in [-0.25, -0.2) is 0 Å². The first kappa shape index (κ1) is 19.1. The summed E-state index contributed by atoms with van der Waals surface area (Å²) in [5.41, 5.74) is 3.40. The quantitative estimate of drug-likeness (QED) is 0.524. The number of rotatable bonds is 6. The Balaban J connectivity index is 0. The summed E-state index contributed by atoms with van der Waals surface area (Å²) in [6, 6.07) is 0. The Morgan fingerprint density at radius 2 is 1.62 bits per heavy atom. The van der Waals surface area contributed by atoms with E-state index in [0.717, 1.165) is 0 Å². The van der Waals surface area contributed by atoms with Crippen LogP contribution in [0.25, 0.3) is 0 Å². The molecular formula is C13H21Cl2Ti. The van der Waals surface area contributed by atoms with Gasteiger partial charge >= 0.3 is 100 Å². The first-order valence-electron chi connectivity index (χ1n) is 5.91. The van der Waals surface area contributed by atoms with E-state index in [1.807, 2.05) is 0 Å². The molecule has 1 aliphatic carbocycles. The molecule has 0 unspecified atom stereocenters. The van der Waals surface area contributed by atoms with Crippen molar-refractivity contribution in [1.29, 1.82) is 0 Å². The SMILES string of the molecule is CCCCC1=C(CCCC)C[C]([Ti+2])=C1.[Cl-].[Cl-]. The maximum Gasteiger partial charge on any atom is -1.00 e. The van der Waals surface area contributed by atoms with E-state index in [1.54, 1.807) is 15.0 Å². The van der Waals surface area contributed by atoms with Gasteiger partial charge in [0.1, 0.15) is 0 Å². The van der Waals surface area contributed by atoms with Gasteiger partial charge in [-0.15, -0.1) is 0 Å². The topological polar surface area (TPSA) is 0 Å². The minimum absolute atomic E-state index is 0. The number of halogens is 2. The van der Waals surface area contributed by atoms with Crippen LogP contribution in [0.5, 0.6) is 0 Å². The van der Waals surface area contributed by atoms with Crippen molar-refractivity contribution in [1.82, 2.24) is 0 Å². The standard InChI is InChI=1S/C13H21.2ClH.Ti/c1-3-5-8-12-10-7-11-13(12)9-6-4-2;;;/h10H,3-6,8-9,11H2,1-2H3;2*1H;/q;;;+2/p-2. The molecule has 0 saturated carbocycles. The molecule has 0 aromatic heterocycles. The Morgan fingerprint density at radius 3 is 2.19 bits per heavy atom. The molecule has 91 valence electrons. The van der Waals surface area contributed by atoms with Gasteiger partial charge in [0.15, 0.2) is 0 Å². The molecule has 0 aliphatic heterocycles. The predicted molar refractivity (Wildman–Crippen MR) is 58.8 cm³/mol. The van der Waals surface area contributed by atoms with Crippen molar-refractivity contribution >= 4 is 0 Å². The fourth-order valence-corrected chi connectivity index (χ4v) is 2.57. The number of allylic oxidation sites excluding steroid dienone is 4. The zero-order valence-electron chi connectivity index (χ0n) is 10.3. The fraction of sp³-hybridized carbons (Fsp3) is 0.692. The second-order valence-electron chi connectivity index (χ2n) is 4.18. The van der Waals surface area contributed by atoms with Gasteiger partial charge in [-0.05, 0) is 0 Å². The zero-order valence-corrected chi connectivity index (χ0v) is 13.4. The van der Waals surface area contributed by atoms with Gasteiger partial charge in [0.05, 0.1) is 0 Å². The van der Waals surface area contributed by atoms with Crippen molar-refractivity contribution in [3.8, 4) is 0 Å². The predicted octanol–water partition coefficient (Wildman–Crippen LogP) is -1.49. The van der Waals surface area contributed by atoms with Crippen LogP contribution in [-0.2, 0) is 20.4 Å². The molecule has 1 aliphatic rings. The first-order chi connectivity index (χ1) is 6.77. The van der Waals surface area contributed by atoms with Crippen LogP contribution in [-0.4, -0.2) is 0 Å². The van der Waals surface area contributed by atoms with Gasteiger partial charge in [0.25, 0.3) is 0 Å². The van der Waals surface area contributed by atoms with Crippen molar-refractivity contribution in [3.05, 3.63) is 21.1 Å². The number of hydrogen-bond acceptors (Lipinski definition) is 0. The average molecular weight is 296 g/mol. The Bertz CT molecular complexity index is 244. The van der Waals surface area contributed by atoms with Crippen LogP contribution in [0.4, 0.5) is 0 Å². The van der Waals surface area contributed by atoms with E-state index in [-0.39, 0.29) is 24.8 Å². The minimum atomic E-state index is 0. The van der Waals surface area contributed by atoms with E-state index in [2.05, 4.69) is 40.4 Å². The molecule has 0 saturated heterocycles. The van der Waals surface area contributed by atoms with E-state index >= 15 is 0 Å². The molecule has 0 fully saturated rings. The molecule has 0 atom stereocenters. The molecule has 0 N–H and O–H groups in total. The normalized spacial score (nSPS) is 14.4. The van der Waals surface area contributed by atoms with E-state index in [4.69, 9.17) is 0 Å². The van der Waals surface area contributed by atoms with Gasteiger partial charge in [-0.2, -0.15) is 0 Å². The Kier molecular flexibility index (Phi) is 13.0. The van der Waals surface area contributed by atoms with Crippen LogP contribution < -0.4 is 24.8 Å². The first-order valence-corrected chi connectivity index (χ1v) is 6.69. The summed E-state index contributed by atoms with van der Waals surface area (Å²) in [5, 5.41) is 0. The minimum Gasteiger partial charge on any atom is -1.00 e. The monoisotopic (exact) mass is 295 g/mol. The Hall–Kier alpha value is 0.774. The van der Waals surface area contributed by atoms with Gasteiger partial charge in [-0.3, -0.25) is 0 Å². The van der Waals surface area contributed by atoms with E-state index < -0.39 is 0 Å². The zero-order chi connectivity index (χ0) is 10.4. The van der Waals surface area contributed by atoms with Gasteiger partial charge in [-0.1, -0.05) is 0 Å². The molecular weight excluding hydrogens is 275 g/mol. The molecule has 16 heavy (non-hydrogen) atoms. The maximum atomic E-state index is 2.43. The van der Waals surface area contributed by atoms with Crippen LogP contribution in [0.3, 0.4) is 0 Å². The summed E-state index contributed by atoms with van der Waals surface area (Å²) in [4.78, 5) is 0. The van der Waals surface area contributed by atoms with Crippen LogP contribution >= 0.6 is 0 Å². The average Bonchev–Trinajstić information content (AvgIpc) is 2.52. The van der Waals surface area contributed by atoms with Crippen molar-refractivity contribution in [2.45, 2.75) is 58.8 Å². The van der Waals surface area contributed by atoms with Crippen LogP contribution in [0.1, 0.15) is 58.8 Å². The Labute approximate surface area is 125 Å². The third-order valence-electron chi connectivity index (χ3n) is 2.84. The summed E-state index contributed by atoms with van der Waals surface area (Å²) in [6.07, 6.45) is 11.7. The van der Waals surface area contributed by atoms with Gasteiger partial charge < -0.3 is 24.8 Å². The van der Waals surface area contributed by atoms with Gasteiger partial charge in [0, 0.05) is 0 Å². The van der Waals surface area contributed by atoms with E-state index in [1.165, 1.54) is 44.9 Å². The van der Waals surface area contributed by atoms with Crippen molar-refractivity contribution in [2.75, 3.05) is 0 Å². The summed E-state index contributed by atoms with van der Waals surface area (Å²) in [7, 11) is 0. The van der Waals surface area contributed by atoms with Crippen LogP contribution in [0.2, 0.25) is 0 Å². The molecule has 0 spiro atoms. The number of unbranched alkanes of at least 4 members (excludes halogenated alkanes) is 2. The summed E-state index contributed by atoms with van der Waals surface area (Å²) in [5.74, 6) is 0. The largest absolute Gasteiger partial charge is 1.00 e. The molecule has 3 heteroatoms. The molecule has 1 rings (SSSR count).